The van der Waals surface area contributed by atoms with Gasteiger partial charge in [-0.2, -0.15) is 0 Å². The summed E-state index contributed by atoms with van der Waals surface area (Å²) < 4.78 is 15.0. The van der Waals surface area contributed by atoms with Crippen LogP contribution in [-0.4, -0.2) is 78.1 Å². The van der Waals surface area contributed by atoms with Gasteiger partial charge in [-0.05, 0) is 56.5 Å². The Labute approximate surface area is 245 Å². The Balaban J connectivity index is 2.34. The molecule has 0 spiro atoms. The number of hydrogen-bond acceptors (Lipinski definition) is 6. The van der Waals surface area contributed by atoms with E-state index >= 15 is 4.39 Å². The second kappa shape index (κ2) is 14.5. The molecule has 2 N–H and O–H groups in total. The second-order valence-electron chi connectivity index (χ2n) is 9.66. The Morgan fingerprint density at radius 3 is 2.73 bits per heavy atom. The number of aromatic hydroxyl groups is 1. The number of phenols is 1. The Hall–Kier alpha value is -4.05. The zero-order valence-electron chi connectivity index (χ0n) is 23.7. The van der Waals surface area contributed by atoms with Crippen LogP contribution >= 0.6 is 11.6 Å². The summed E-state index contributed by atoms with van der Waals surface area (Å²) >= 11 is 6.74. The molecule has 0 saturated carbocycles. The normalized spacial score (nSPS) is 17.4. The number of nitrogens with zero attached hydrogens (tertiary/aromatic N) is 5. The van der Waals surface area contributed by atoms with Crippen molar-refractivity contribution in [2.45, 2.75) is 51.7 Å². The number of allylic oxidation sites excluding steroid dienone is 1. The van der Waals surface area contributed by atoms with Crippen LogP contribution in [0.1, 0.15) is 39.2 Å². The molecule has 9 nitrogen and oxygen atoms in total. The van der Waals surface area contributed by atoms with E-state index in [1.165, 1.54) is 23.1 Å². The third kappa shape index (κ3) is 6.82. The number of carbonyl (C=O) groups excluding carboxylic acids is 2. The van der Waals surface area contributed by atoms with Gasteiger partial charge in [0.05, 0.1) is 33.9 Å². The number of aliphatic imine (C=N–C) groups is 2. The van der Waals surface area contributed by atoms with Crippen LogP contribution < -0.4 is 10.2 Å². The number of amidine groups is 1. The van der Waals surface area contributed by atoms with Crippen molar-refractivity contribution < 1.29 is 19.1 Å². The molecule has 0 bridgehead atoms. The van der Waals surface area contributed by atoms with Crippen molar-refractivity contribution in [2.24, 2.45) is 9.98 Å². The van der Waals surface area contributed by atoms with Crippen LogP contribution in [0.2, 0.25) is 5.02 Å². The maximum atomic E-state index is 15.0. The Morgan fingerprint density at radius 2 is 2.12 bits per heavy atom. The first-order valence-electron chi connectivity index (χ1n) is 13.4. The molecular formula is C30H36ClFN6O3. The third-order valence-corrected chi connectivity index (χ3v) is 7.32. The minimum atomic E-state index is -0.717. The highest BCUT2D eigenvalue weighted by atomic mass is 35.5. The van der Waals surface area contributed by atoms with Crippen LogP contribution in [0.4, 0.5) is 10.2 Å². The Morgan fingerprint density at radius 1 is 1.37 bits per heavy atom. The Kier molecular flexibility index (Phi) is 11.2. The van der Waals surface area contributed by atoms with E-state index in [4.69, 9.17) is 16.6 Å². The van der Waals surface area contributed by atoms with Crippen LogP contribution in [0, 0.1) is 5.82 Å². The summed E-state index contributed by atoms with van der Waals surface area (Å²) in [6.07, 6.45) is 7.89. The van der Waals surface area contributed by atoms with Gasteiger partial charge in [-0.3, -0.25) is 24.5 Å². The summed E-state index contributed by atoms with van der Waals surface area (Å²) in [5.74, 6) is -0.422. The molecular weight excluding hydrogens is 547 g/mol. The molecule has 11 heteroatoms. The van der Waals surface area contributed by atoms with Gasteiger partial charge in [0.1, 0.15) is 23.2 Å². The van der Waals surface area contributed by atoms with Gasteiger partial charge >= 0.3 is 0 Å². The predicted octanol–water partition coefficient (Wildman–Crippen LogP) is 4.78. The van der Waals surface area contributed by atoms with Gasteiger partial charge in [-0.25, -0.2) is 9.37 Å². The van der Waals surface area contributed by atoms with Crippen molar-refractivity contribution in [3.63, 3.8) is 0 Å². The predicted molar refractivity (Wildman–Crippen MR) is 162 cm³/mol. The molecule has 2 heterocycles. The molecule has 3 unspecified atom stereocenters. The lowest BCUT2D eigenvalue weighted by molar-refractivity contribution is -0.110. The summed E-state index contributed by atoms with van der Waals surface area (Å²) in [6, 6.07) is 4.55. The number of hydrogen-bond donors (Lipinski definition) is 2. The number of aromatic nitrogens is 1. The SMILES string of the molecule is C=CCCN(C(=NC)c1cc(Cl)c(-c2c(O)cccc2F)nc1N(C=O)C1C(C)=CC=NC1CC)C(C)CNC=O. The molecule has 0 fully saturated rings. The van der Waals surface area contributed by atoms with Crippen molar-refractivity contribution in [3.8, 4) is 17.0 Å². The van der Waals surface area contributed by atoms with Crippen LogP contribution in [-0.2, 0) is 9.59 Å². The Bertz CT molecular complexity index is 1340. The lowest BCUT2D eigenvalue weighted by Crippen LogP contribution is -2.48. The van der Waals surface area contributed by atoms with E-state index in [0.29, 0.717) is 50.2 Å². The van der Waals surface area contributed by atoms with E-state index in [9.17, 15) is 14.7 Å². The molecule has 2 aromatic rings. The summed E-state index contributed by atoms with van der Waals surface area (Å²) in [5.41, 5.74) is 1.10. The van der Waals surface area contributed by atoms with Gasteiger partial charge in [-0.15, -0.1) is 6.58 Å². The number of halogens is 2. The quantitative estimate of drug-likeness (QED) is 0.153. The van der Waals surface area contributed by atoms with Crippen LogP contribution in [0.5, 0.6) is 5.75 Å². The van der Waals surface area contributed by atoms with Crippen molar-refractivity contribution in [2.75, 3.05) is 25.0 Å². The van der Waals surface area contributed by atoms with Gasteiger partial charge in [0.25, 0.3) is 0 Å². The minimum Gasteiger partial charge on any atom is -0.507 e. The fraction of sp³-hybridized carbons (Fsp3) is 0.367. The molecule has 1 aromatic carbocycles. The first kappa shape index (κ1) is 31.5. The summed E-state index contributed by atoms with van der Waals surface area (Å²) in [7, 11) is 1.61. The van der Waals surface area contributed by atoms with Crippen molar-refractivity contribution in [1.29, 1.82) is 0 Å². The fourth-order valence-corrected chi connectivity index (χ4v) is 5.24. The van der Waals surface area contributed by atoms with Gasteiger partial charge in [0.2, 0.25) is 12.8 Å². The molecule has 0 aliphatic carbocycles. The number of amides is 2. The average molecular weight is 583 g/mol. The topological polar surface area (TPSA) is 110 Å². The molecule has 0 radical (unpaired) electrons. The molecule has 2 amide bonds. The molecule has 3 atom stereocenters. The number of pyridine rings is 1. The number of carbonyl (C=O) groups is 2. The van der Waals surface area contributed by atoms with Crippen molar-refractivity contribution >= 4 is 42.3 Å². The highest BCUT2D eigenvalue weighted by Gasteiger charge is 2.34. The largest absolute Gasteiger partial charge is 0.507 e. The zero-order valence-corrected chi connectivity index (χ0v) is 24.5. The van der Waals surface area contributed by atoms with E-state index in [0.717, 1.165) is 5.57 Å². The molecule has 218 valence electrons. The molecule has 1 aliphatic heterocycles. The summed E-state index contributed by atoms with van der Waals surface area (Å²) in [6.45, 7) is 10.5. The van der Waals surface area contributed by atoms with Gasteiger partial charge in [-0.1, -0.05) is 30.7 Å². The maximum Gasteiger partial charge on any atom is 0.215 e. The van der Waals surface area contributed by atoms with E-state index in [2.05, 4.69) is 21.9 Å². The monoisotopic (exact) mass is 582 g/mol. The first-order chi connectivity index (χ1) is 19.7. The number of benzene rings is 1. The van der Waals surface area contributed by atoms with E-state index < -0.39 is 11.9 Å². The van der Waals surface area contributed by atoms with E-state index in [1.807, 2.05) is 31.7 Å². The second-order valence-corrected chi connectivity index (χ2v) is 10.1. The number of phenolic OH excluding ortho intramolecular Hbond substituents is 1. The zero-order chi connectivity index (χ0) is 30.1. The van der Waals surface area contributed by atoms with Gasteiger partial charge in [0, 0.05) is 32.4 Å². The van der Waals surface area contributed by atoms with Crippen LogP contribution in [0.3, 0.4) is 0 Å². The van der Waals surface area contributed by atoms with Crippen LogP contribution in [0.15, 0.2) is 58.6 Å². The highest BCUT2D eigenvalue weighted by Crippen LogP contribution is 2.39. The van der Waals surface area contributed by atoms with Gasteiger partial charge in [0.15, 0.2) is 0 Å². The fourth-order valence-electron chi connectivity index (χ4n) is 5.00. The number of dihydropyridines is 1. The van der Waals surface area contributed by atoms with E-state index in [1.54, 1.807) is 25.4 Å². The third-order valence-electron chi connectivity index (χ3n) is 7.03. The summed E-state index contributed by atoms with van der Waals surface area (Å²) in [4.78, 5) is 41.3. The molecule has 41 heavy (non-hydrogen) atoms. The van der Waals surface area contributed by atoms with Crippen molar-refractivity contribution in [3.05, 3.63) is 65.0 Å². The average Bonchev–Trinajstić information content (AvgIpc) is 2.96. The van der Waals surface area contributed by atoms with E-state index in [-0.39, 0.29) is 39.9 Å². The van der Waals surface area contributed by atoms with Gasteiger partial charge < -0.3 is 15.3 Å². The number of nitrogens with one attached hydrogen (secondary N) is 1. The van der Waals surface area contributed by atoms with Crippen molar-refractivity contribution in [1.82, 2.24) is 15.2 Å². The number of anilines is 1. The standard InChI is InChI=1S/C30H36ClFN6O3/c1-6-8-14-37(20(4)16-34-17-39)29(33-5)21-15-22(31)27(26-23(32)10-9-11-25(26)41)36-30(21)38(18-40)28-19(3)12-13-35-24(28)7-2/h6,9-13,15,17-18,20,24,28,41H,1,7-8,14,16H2,2-5H3,(H,34,39). The molecule has 3 rings (SSSR count). The number of rotatable bonds is 13. The minimum absolute atomic E-state index is 0.0226. The molecule has 0 saturated heterocycles. The molecule has 1 aromatic heterocycles. The maximum absolute atomic E-state index is 15.0. The smallest absolute Gasteiger partial charge is 0.215 e. The lowest BCUT2D eigenvalue weighted by atomic mass is 9.94. The van der Waals surface area contributed by atoms with Crippen LogP contribution in [0.25, 0.3) is 11.3 Å². The highest BCUT2D eigenvalue weighted by molar-refractivity contribution is 6.33. The summed E-state index contributed by atoms with van der Waals surface area (Å²) in [5, 5.41) is 13.3. The first-order valence-corrected chi connectivity index (χ1v) is 13.7. The lowest BCUT2D eigenvalue weighted by Gasteiger charge is -2.37. The molecule has 1 aliphatic rings.